The number of unbranched alkanes of at least 4 members (excludes halogenated alkanes) is 1. The Balaban J connectivity index is 0.000000709. The van der Waals surface area contributed by atoms with E-state index in [2.05, 4.69) is 67.6 Å². The van der Waals surface area contributed by atoms with Gasteiger partial charge in [-0.25, -0.2) is 0 Å². The van der Waals surface area contributed by atoms with Gasteiger partial charge >= 0.3 is 7.25 Å². The molecule has 129 valence electrons. The van der Waals surface area contributed by atoms with Crippen molar-refractivity contribution in [2.75, 3.05) is 6.16 Å². The standard InChI is InChI=1S/C16H19P.BF4.Rh/c1-2-3-14-17(15-10-6-4-7-11-15)16-12-8-5-9-13-16;2-1(3,4)5;/h4-13H,2-3,14H2,1H3;;/q;-1;. The van der Waals surface area contributed by atoms with Gasteiger partial charge in [0.2, 0.25) is 0 Å². The van der Waals surface area contributed by atoms with Crippen molar-refractivity contribution in [2.45, 2.75) is 19.8 Å². The van der Waals surface area contributed by atoms with Gasteiger partial charge in [-0.3, -0.25) is 0 Å². The molecule has 0 heterocycles. The van der Waals surface area contributed by atoms with Crippen LogP contribution in [-0.4, -0.2) is 13.4 Å². The zero-order valence-corrected chi connectivity index (χ0v) is 15.3. The average molecular weight is 432 g/mol. The summed E-state index contributed by atoms with van der Waals surface area (Å²) in [6.45, 7) is 2.27. The van der Waals surface area contributed by atoms with E-state index >= 15 is 0 Å². The smallest absolute Gasteiger partial charge is 0.418 e. The topological polar surface area (TPSA) is 0 Å². The van der Waals surface area contributed by atoms with Crippen molar-refractivity contribution in [3.8, 4) is 0 Å². The molecule has 0 aliphatic carbocycles. The van der Waals surface area contributed by atoms with Gasteiger partial charge in [-0.2, -0.15) is 0 Å². The molecule has 23 heavy (non-hydrogen) atoms. The molecule has 0 aliphatic heterocycles. The number of rotatable bonds is 5. The van der Waals surface area contributed by atoms with E-state index in [0.29, 0.717) is 0 Å². The Morgan fingerprint density at radius 3 is 1.43 bits per heavy atom. The summed E-state index contributed by atoms with van der Waals surface area (Å²) >= 11 is 0. The van der Waals surface area contributed by atoms with Crippen LogP contribution in [0.1, 0.15) is 19.8 Å². The molecule has 0 aliphatic rings. The van der Waals surface area contributed by atoms with Crippen LogP contribution in [0.4, 0.5) is 17.3 Å². The van der Waals surface area contributed by atoms with Gasteiger partial charge in [0.05, 0.1) is 0 Å². The van der Waals surface area contributed by atoms with Crippen LogP contribution in [0.15, 0.2) is 60.7 Å². The molecule has 0 unspecified atom stereocenters. The van der Waals surface area contributed by atoms with Crippen LogP contribution in [0, 0.1) is 0 Å². The molecule has 7 heteroatoms. The summed E-state index contributed by atoms with van der Waals surface area (Å²) in [6, 6.07) is 21.9. The van der Waals surface area contributed by atoms with Crippen LogP contribution >= 0.6 is 7.92 Å². The van der Waals surface area contributed by atoms with Crippen molar-refractivity contribution in [3.05, 3.63) is 60.7 Å². The Labute approximate surface area is 149 Å². The predicted molar refractivity (Wildman–Crippen MR) is 89.0 cm³/mol. The van der Waals surface area contributed by atoms with E-state index in [1.54, 1.807) is 0 Å². The molecule has 0 aromatic heterocycles. The quantitative estimate of drug-likeness (QED) is 0.346. The van der Waals surface area contributed by atoms with E-state index in [0.717, 1.165) is 0 Å². The molecular formula is C16H19BF4PRh-. The van der Waals surface area contributed by atoms with Gasteiger partial charge in [-0.15, -0.1) is 0 Å². The first-order valence-corrected chi connectivity index (χ1v) is 8.69. The Morgan fingerprint density at radius 1 is 0.783 bits per heavy atom. The Morgan fingerprint density at radius 2 is 1.13 bits per heavy atom. The van der Waals surface area contributed by atoms with Crippen molar-refractivity contribution in [1.82, 2.24) is 0 Å². The zero-order chi connectivity index (χ0) is 16.4. The second-order valence-electron chi connectivity index (χ2n) is 4.67. The second kappa shape index (κ2) is 11.8. The second-order valence-corrected chi connectivity index (χ2v) is 7.01. The summed E-state index contributed by atoms with van der Waals surface area (Å²) in [4.78, 5) is 0. The molecule has 1 radical (unpaired) electrons. The van der Waals surface area contributed by atoms with Crippen LogP contribution in [0.2, 0.25) is 0 Å². The van der Waals surface area contributed by atoms with Crippen LogP contribution < -0.4 is 10.6 Å². The number of benzene rings is 2. The summed E-state index contributed by atoms with van der Waals surface area (Å²) in [5, 5.41) is 3.00. The normalized spacial score (nSPS) is 10.5. The van der Waals surface area contributed by atoms with Gasteiger partial charge in [0, 0.05) is 19.5 Å². The number of halogens is 4. The zero-order valence-electron chi connectivity index (χ0n) is 12.8. The van der Waals surface area contributed by atoms with E-state index in [4.69, 9.17) is 0 Å². The largest absolute Gasteiger partial charge is 0.673 e. The molecule has 0 amide bonds. The SMILES string of the molecule is CCCCP(c1ccccc1)c1ccccc1.F[B-](F)(F)F.[Rh]. The fraction of sp³-hybridized carbons (Fsp3) is 0.250. The Kier molecular flexibility index (Phi) is 11.4. The molecule has 0 saturated carbocycles. The molecule has 0 fully saturated rings. The Hall–Kier alpha value is -0.722. The molecule has 2 rings (SSSR count). The van der Waals surface area contributed by atoms with Crippen LogP contribution in [0.3, 0.4) is 0 Å². The molecule has 0 spiro atoms. The van der Waals surface area contributed by atoms with Gasteiger partial charge < -0.3 is 17.3 Å². The maximum atomic E-state index is 9.75. The van der Waals surface area contributed by atoms with Crippen LogP contribution in [-0.2, 0) is 19.5 Å². The summed E-state index contributed by atoms with van der Waals surface area (Å²) in [6.07, 6.45) is 3.90. The molecule has 0 N–H and O–H groups in total. The minimum atomic E-state index is -6.00. The molecule has 0 saturated heterocycles. The van der Waals surface area contributed by atoms with E-state index < -0.39 is 7.25 Å². The third-order valence-corrected chi connectivity index (χ3v) is 5.48. The van der Waals surface area contributed by atoms with Crippen molar-refractivity contribution in [1.29, 1.82) is 0 Å². The first kappa shape index (κ1) is 22.3. The molecule has 0 atom stereocenters. The third kappa shape index (κ3) is 10.6. The van der Waals surface area contributed by atoms with Crippen LogP contribution in [0.5, 0.6) is 0 Å². The van der Waals surface area contributed by atoms with Gasteiger partial charge in [0.1, 0.15) is 0 Å². The van der Waals surface area contributed by atoms with E-state index in [-0.39, 0.29) is 27.4 Å². The first-order valence-electron chi connectivity index (χ1n) is 7.16. The molecular weight excluding hydrogens is 413 g/mol. The van der Waals surface area contributed by atoms with Gasteiger partial charge in [-0.1, -0.05) is 74.0 Å². The van der Waals surface area contributed by atoms with Crippen molar-refractivity contribution in [3.63, 3.8) is 0 Å². The van der Waals surface area contributed by atoms with E-state index in [9.17, 15) is 17.3 Å². The average Bonchev–Trinajstić information content (AvgIpc) is 2.48. The summed E-state index contributed by atoms with van der Waals surface area (Å²) < 4.78 is 39.0. The summed E-state index contributed by atoms with van der Waals surface area (Å²) in [5.74, 6) is 0. The first-order chi connectivity index (χ1) is 10.4. The summed E-state index contributed by atoms with van der Waals surface area (Å²) in [5.41, 5.74) is 0. The Bertz CT molecular complexity index is 477. The molecule has 2 aromatic carbocycles. The predicted octanol–water partition coefficient (Wildman–Crippen LogP) is 5.22. The molecule has 0 bridgehead atoms. The minimum Gasteiger partial charge on any atom is -0.418 e. The maximum absolute atomic E-state index is 9.75. The van der Waals surface area contributed by atoms with Crippen molar-refractivity contribution >= 4 is 25.8 Å². The molecule has 2 aromatic rings. The summed E-state index contributed by atoms with van der Waals surface area (Å²) in [7, 11) is -6.16. The van der Waals surface area contributed by atoms with E-state index in [1.807, 2.05) is 0 Å². The van der Waals surface area contributed by atoms with Crippen molar-refractivity contribution < 1.29 is 36.7 Å². The number of hydrogen-bond acceptors (Lipinski definition) is 0. The fourth-order valence-electron chi connectivity index (χ4n) is 1.94. The van der Waals surface area contributed by atoms with E-state index in [1.165, 1.54) is 29.6 Å². The minimum absolute atomic E-state index is 0. The molecule has 0 nitrogen and oxygen atoms in total. The van der Waals surface area contributed by atoms with Crippen molar-refractivity contribution in [2.24, 2.45) is 0 Å². The van der Waals surface area contributed by atoms with Gasteiger partial charge in [0.25, 0.3) is 0 Å². The van der Waals surface area contributed by atoms with Gasteiger partial charge in [0.15, 0.2) is 0 Å². The van der Waals surface area contributed by atoms with Crippen LogP contribution in [0.25, 0.3) is 0 Å². The monoisotopic (exact) mass is 432 g/mol. The number of hydrogen-bond donors (Lipinski definition) is 0. The third-order valence-electron chi connectivity index (χ3n) is 2.87. The van der Waals surface area contributed by atoms with Gasteiger partial charge in [-0.05, 0) is 31.1 Å². The maximum Gasteiger partial charge on any atom is 0.673 e. The fourth-order valence-corrected chi connectivity index (χ4v) is 4.45.